The Labute approximate surface area is 132 Å². The van der Waals surface area contributed by atoms with Crippen molar-refractivity contribution in [1.29, 1.82) is 0 Å². The first-order chi connectivity index (χ1) is 10.5. The minimum atomic E-state index is -4.46. The molecule has 2 atom stereocenters. The van der Waals surface area contributed by atoms with Gasteiger partial charge in [0.05, 0.1) is 29.7 Å². The van der Waals surface area contributed by atoms with Gasteiger partial charge in [0.25, 0.3) is 0 Å². The third-order valence-electron chi connectivity index (χ3n) is 3.78. The first-order valence-electron chi connectivity index (χ1n) is 7.34. The van der Waals surface area contributed by atoms with Crippen molar-refractivity contribution in [3.8, 4) is 0 Å². The van der Waals surface area contributed by atoms with E-state index in [9.17, 15) is 28.2 Å². The van der Waals surface area contributed by atoms with Crippen LogP contribution in [0.15, 0.2) is 24.3 Å². The number of halogens is 3. The van der Waals surface area contributed by atoms with Gasteiger partial charge in [-0.25, -0.2) is 0 Å². The maximum absolute atomic E-state index is 12.8. The summed E-state index contributed by atoms with van der Waals surface area (Å²) in [5.74, 6) is -0.392. The Morgan fingerprint density at radius 3 is 2.57 bits per heavy atom. The quantitative estimate of drug-likeness (QED) is 0.895. The zero-order chi connectivity index (χ0) is 17.4. The van der Waals surface area contributed by atoms with Crippen LogP contribution in [0, 0.1) is 0 Å². The van der Waals surface area contributed by atoms with Crippen LogP contribution in [0.5, 0.6) is 0 Å². The summed E-state index contributed by atoms with van der Waals surface area (Å²) in [6, 6.07) is 4.16. The molecule has 4 nitrogen and oxygen atoms in total. The molecule has 1 fully saturated rings. The number of aliphatic hydroxyl groups is 2. The fraction of sp³-hybridized carbons (Fsp3) is 0.562. The molecule has 0 saturated carbocycles. The van der Waals surface area contributed by atoms with Crippen LogP contribution < -0.4 is 0 Å². The predicted molar refractivity (Wildman–Crippen MR) is 77.4 cm³/mol. The Hall–Kier alpha value is -1.60. The van der Waals surface area contributed by atoms with Crippen molar-refractivity contribution in [2.75, 3.05) is 6.54 Å². The number of nitrogens with zero attached hydrogens (tertiary/aromatic N) is 1. The Morgan fingerprint density at radius 1 is 1.35 bits per heavy atom. The van der Waals surface area contributed by atoms with Crippen molar-refractivity contribution in [2.45, 2.75) is 50.6 Å². The lowest BCUT2D eigenvalue weighted by Crippen LogP contribution is -2.36. The third kappa shape index (κ3) is 4.45. The Morgan fingerprint density at radius 2 is 2.00 bits per heavy atom. The number of benzene rings is 1. The molecule has 0 radical (unpaired) electrons. The number of carbonyl (C=O) groups excluding carboxylic acids is 1. The Kier molecular flexibility index (Phi) is 4.73. The molecule has 23 heavy (non-hydrogen) atoms. The summed E-state index contributed by atoms with van der Waals surface area (Å²) in [5.41, 5.74) is -1.67. The number of aliphatic hydroxyl groups excluding tert-OH is 1. The van der Waals surface area contributed by atoms with Gasteiger partial charge in [-0.15, -0.1) is 0 Å². The highest BCUT2D eigenvalue weighted by Gasteiger charge is 2.38. The molecule has 0 aliphatic carbocycles. The molecule has 7 heteroatoms. The molecule has 1 heterocycles. The number of hydrogen-bond acceptors (Lipinski definition) is 3. The zero-order valence-corrected chi connectivity index (χ0v) is 13.0. The van der Waals surface area contributed by atoms with Crippen LogP contribution in [0.25, 0.3) is 0 Å². The smallest absolute Gasteiger partial charge is 0.391 e. The second-order valence-corrected chi connectivity index (χ2v) is 6.56. The predicted octanol–water partition coefficient (Wildman–Crippen LogP) is 2.50. The van der Waals surface area contributed by atoms with Gasteiger partial charge in [0.1, 0.15) is 0 Å². The van der Waals surface area contributed by atoms with Crippen molar-refractivity contribution in [3.63, 3.8) is 0 Å². The van der Waals surface area contributed by atoms with Crippen LogP contribution in [-0.4, -0.2) is 39.3 Å². The molecule has 1 aromatic carbocycles. The molecule has 0 unspecified atom stereocenters. The van der Waals surface area contributed by atoms with Crippen LogP contribution in [-0.2, 0) is 11.0 Å². The van der Waals surface area contributed by atoms with Gasteiger partial charge in [0.15, 0.2) is 0 Å². The van der Waals surface area contributed by atoms with E-state index in [-0.39, 0.29) is 19.4 Å². The van der Waals surface area contributed by atoms with Crippen LogP contribution in [0.2, 0.25) is 0 Å². The van der Waals surface area contributed by atoms with Crippen molar-refractivity contribution in [2.24, 2.45) is 0 Å². The number of likely N-dealkylation sites (tertiary alicyclic amines) is 1. The van der Waals surface area contributed by atoms with Gasteiger partial charge in [-0.2, -0.15) is 13.2 Å². The number of amides is 1. The van der Waals surface area contributed by atoms with E-state index < -0.39 is 35.4 Å². The van der Waals surface area contributed by atoms with E-state index in [0.29, 0.717) is 5.56 Å². The van der Waals surface area contributed by atoms with Crippen LogP contribution in [0.3, 0.4) is 0 Å². The average Bonchev–Trinajstić information content (AvgIpc) is 2.78. The summed E-state index contributed by atoms with van der Waals surface area (Å²) < 4.78 is 38.5. The number of carbonyl (C=O) groups is 1. The standard InChI is InChI=1S/C16H20F3NO3/c1-15(2,23)8-14(22)20-9-12(21)7-13(20)10-4-3-5-11(6-10)16(17,18)19/h3-6,12-13,21,23H,7-9H2,1-2H3/t12-,13+/m1/s1. The largest absolute Gasteiger partial charge is 0.416 e. The molecule has 1 aliphatic rings. The fourth-order valence-corrected chi connectivity index (χ4v) is 2.80. The molecule has 1 aromatic rings. The van der Waals surface area contributed by atoms with Crippen LogP contribution in [0.4, 0.5) is 13.2 Å². The maximum atomic E-state index is 12.8. The molecule has 2 rings (SSSR count). The molecular formula is C16H20F3NO3. The summed E-state index contributed by atoms with van der Waals surface area (Å²) in [6.45, 7) is 3.02. The molecular weight excluding hydrogens is 311 g/mol. The van der Waals surface area contributed by atoms with Crippen LogP contribution in [0.1, 0.15) is 43.9 Å². The summed E-state index contributed by atoms with van der Waals surface area (Å²) in [4.78, 5) is 13.7. The minimum Gasteiger partial charge on any atom is -0.391 e. The lowest BCUT2D eigenvalue weighted by molar-refractivity contribution is -0.137. The molecule has 1 amide bonds. The van der Waals surface area contributed by atoms with E-state index in [1.54, 1.807) is 0 Å². The summed E-state index contributed by atoms with van der Waals surface area (Å²) >= 11 is 0. The molecule has 0 aromatic heterocycles. The van der Waals surface area contributed by atoms with Crippen molar-refractivity contribution in [1.82, 2.24) is 4.90 Å². The molecule has 2 N–H and O–H groups in total. The topological polar surface area (TPSA) is 60.8 Å². The van der Waals surface area contributed by atoms with E-state index in [1.165, 1.54) is 30.9 Å². The van der Waals surface area contributed by atoms with Gasteiger partial charge in [0, 0.05) is 6.54 Å². The number of hydrogen-bond donors (Lipinski definition) is 2. The van der Waals surface area contributed by atoms with Gasteiger partial charge < -0.3 is 15.1 Å². The number of rotatable bonds is 3. The van der Waals surface area contributed by atoms with Crippen molar-refractivity contribution < 1.29 is 28.2 Å². The fourth-order valence-electron chi connectivity index (χ4n) is 2.80. The highest BCUT2D eigenvalue weighted by atomic mass is 19.4. The SMILES string of the molecule is CC(C)(O)CC(=O)N1C[C@H](O)C[C@H]1c1cccc(C(F)(F)F)c1. The third-order valence-corrected chi connectivity index (χ3v) is 3.78. The summed E-state index contributed by atoms with van der Waals surface area (Å²) in [7, 11) is 0. The molecule has 1 aliphatic heterocycles. The number of alkyl halides is 3. The zero-order valence-electron chi connectivity index (χ0n) is 13.0. The lowest BCUT2D eigenvalue weighted by Gasteiger charge is -2.28. The van der Waals surface area contributed by atoms with Gasteiger partial charge in [-0.05, 0) is 38.0 Å². The highest BCUT2D eigenvalue weighted by Crippen LogP contribution is 2.36. The summed E-state index contributed by atoms with van der Waals surface area (Å²) in [5, 5.41) is 19.6. The molecule has 0 spiro atoms. The molecule has 128 valence electrons. The van der Waals surface area contributed by atoms with Crippen LogP contribution >= 0.6 is 0 Å². The van der Waals surface area contributed by atoms with Gasteiger partial charge in [-0.1, -0.05) is 12.1 Å². The van der Waals surface area contributed by atoms with Gasteiger partial charge in [-0.3, -0.25) is 4.79 Å². The lowest BCUT2D eigenvalue weighted by atomic mass is 9.99. The summed E-state index contributed by atoms with van der Waals surface area (Å²) in [6.07, 6.45) is -5.23. The minimum absolute atomic E-state index is 0.0514. The number of β-amino-alcohol motifs (C(OH)–C–C–N with tert-alkyl or cyclic N) is 1. The normalized spacial score (nSPS) is 22.5. The Balaban J connectivity index is 2.28. The van der Waals surface area contributed by atoms with Crippen molar-refractivity contribution >= 4 is 5.91 Å². The molecule has 1 saturated heterocycles. The first kappa shape index (κ1) is 17.7. The average molecular weight is 331 g/mol. The van der Waals surface area contributed by atoms with E-state index >= 15 is 0 Å². The first-order valence-corrected chi connectivity index (χ1v) is 7.34. The second kappa shape index (κ2) is 6.13. The van der Waals surface area contributed by atoms with E-state index in [4.69, 9.17) is 0 Å². The van der Waals surface area contributed by atoms with Gasteiger partial charge >= 0.3 is 6.18 Å². The highest BCUT2D eigenvalue weighted by molar-refractivity contribution is 5.78. The van der Waals surface area contributed by atoms with E-state index in [2.05, 4.69) is 0 Å². The van der Waals surface area contributed by atoms with Crippen molar-refractivity contribution in [3.05, 3.63) is 35.4 Å². The molecule has 0 bridgehead atoms. The second-order valence-electron chi connectivity index (χ2n) is 6.56. The maximum Gasteiger partial charge on any atom is 0.416 e. The van der Waals surface area contributed by atoms with Gasteiger partial charge in [0.2, 0.25) is 5.91 Å². The van der Waals surface area contributed by atoms with E-state index in [1.807, 2.05) is 0 Å². The monoisotopic (exact) mass is 331 g/mol. The van der Waals surface area contributed by atoms with E-state index in [0.717, 1.165) is 12.1 Å². The Bertz CT molecular complexity index is 581.